The summed E-state index contributed by atoms with van der Waals surface area (Å²) in [5.74, 6) is 0.536. The molecule has 0 aliphatic heterocycles. The van der Waals surface area contributed by atoms with Gasteiger partial charge in [0.25, 0.3) is 0 Å². The molecular formula is C10H12ClN. The number of nitrogens with two attached hydrogens (primary N) is 1. The van der Waals surface area contributed by atoms with Crippen LogP contribution in [0.4, 0.5) is 5.69 Å². The maximum absolute atomic E-state index is 5.73. The zero-order chi connectivity index (χ0) is 8.97. The minimum atomic E-state index is 0.536. The van der Waals surface area contributed by atoms with E-state index in [1.54, 1.807) is 0 Å². The van der Waals surface area contributed by atoms with E-state index in [4.69, 9.17) is 17.3 Å². The molecule has 1 nitrogen and oxygen atoms in total. The lowest BCUT2D eigenvalue weighted by molar-refractivity contribution is 1.44. The number of halogens is 1. The van der Waals surface area contributed by atoms with Crippen LogP contribution in [0.15, 0.2) is 24.3 Å². The second kappa shape index (κ2) is 4.17. The van der Waals surface area contributed by atoms with Crippen LogP contribution in [-0.2, 0) is 0 Å². The quantitative estimate of drug-likeness (QED) is 0.551. The van der Waals surface area contributed by atoms with Gasteiger partial charge in [0.2, 0.25) is 0 Å². The van der Waals surface area contributed by atoms with Gasteiger partial charge in [-0.25, -0.2) is 0 Å². The van der Waals surface area contributed by atoms with Gasteiger partial charge in [-0.05, 0) is 24.1 Å². The Balaban J connectivity index is 3.00. The summed E-state index contributed by atoms with van der Waals surface area (Å²) in [6.07, 6.45) is 3.89. The first kappa shape index (κ1) is 9.14. The van der Waals surface area contributed by atoms with E-state index in [0.717, 1.165) is 16.8 Å². The molecule has 1 aromatic carbocycles. The topological polar surface area (TPSA) is 26.0 Å². The van der Waals surface area contributed by atoms with Gasteiger partial charge in [-0.1, -0.05) is 24.3 Å². The minimum absolute atomic E-state index is 0.536. The molecule has 0 aromatic heterocycles. The first-order chi connectivity index (χ1) is 5.75. The normalized spacial score (nSPS) is 10.8. The number of allylic oxidation sites excluding steroid dienone is 1. The molecule has 1 rings (SSSR count). The van der Waals surface area contributed by atoms with Gasteiger partial charge in [0.15, 0.2) is 0 Å². The highest BCUT2D eigenvalue weighted by molar-refractivity contribution is 6.19. The van der Waals surface area contributed by atoms with Crippen molar-refractivity contribution in [2.24, 2.45) is 0 Å². The average Bonchev–Trinajstić information content (AvgIpc) is 2.08. The zero-order valence-electron chi connectivity index (χ0n) is 7.05. The first-order valence-corrected chi connectivity index (χ1v) is 4.36. The van der Waals surface area contributed by atoms with Crippen molar-refractivity contribution in [2.75, 3.05) is 11.6 Å². The molecule has 0 aliphatic carbocycles. The number of alkyl halides is 1. The molecule has 2 N–H and O–H groups in total. The van der Waals surface area contributed by atoms with Gasteiger partial charge in [-0.15, -0.1) is 11.6 Å². The molecule has 0 spiro atoms. The summed E-state index contributed by atoms with van der Waals surface area (Å²) >= 11 is 5.53. The summed E-state index contributed by atoms with van der Waals surface area (Å²) < 4.78 is 0. The van der Waals surface area contributed by atoms with Gasteiger partial charge in [0.05, 0.1) is 0 Å². The van der Waals surface area contributed by atoms with E-state index in [0.29, 0.717) is 5.88 Å². The van der Waals surface area contributed by atoms with Crippen LogP contribution in [0.1, 0.15) is 11.1 Å². The minimum Gasteiger partial charge on any atom is -0.398 e. The molecule has 0 radical (unpaired) electrons. The largest absolute Gasteiger partial charge is 0.398 e. The lowest BCUT2D eigenvalue weighted by atomic mass is 10.1. The third kappa shape index (κ3) is 2.02. The molecular weight excluding hydrogens is 170 g/mol. The van der Waals surface area contributed by atoms with Crippen LogP contribution >= 0.6 is 11.6 Å². The summed E-state index contributed by atoms with van der Waals surface area (Å²) in [5, 5.41) is 0. The molecule has 0 amide bonds. The third-order valence-electron chi connectivity index (χ3n) is 1.80. The van der Waals surface area contributed by atoms with Crippen LogP contribution in [0, 0.1) is 6.92 Å². The van der Waals surface area contributed by atoms with Gasteiger partial charge in [0.1, 0.15) is 0 Å². The van der Waals surface area contributed by atoms with E-state index in [1.165, 1.54) is 0 Å². The molecule has 0 fully saturated rings. The molecule has 2 heteroatoms. The summed E-state index contributed by atoms with van der Waals surface area (Å²) in [6, 6.07) is 5.86. The Morgan fingerprint density at radius 1 is 1.50 bits per heavy atom. The standard InChI is InChI=1S/C10H12ClN/c1-8-9(5-3-7-11)4-2-6-10(8)12/h2-6H,7,12H2,1H3. The highest BCUT2D eigenvalue weighted by atomic mass is 35.5. The van der Waals surface area contributed by atoms with Crippen LogP contribution < -0.4 is 5.73 Å². The highest BCUT2D eigenvalue weighted by Gasteiger charge is 1.95. The average molecular weight is 182 g/mol. The van der Waals surface area contributed by atoms with E-state index in [9.17, 15) is 0 Å². The number of hydrogen-bond acceptors (Lipinski definition) is 1. The summed E-state index contributed by atoms with van der Waals surface area (Å²) in [4.78, 5) is 0. The lowest BCUT2D eigenvalue weighted by Gasteiger charge is -2.02. The molecule has 0 bridgehead atoms. The second-order valence-corrected chi connectivity index (χ2v) is 2.93. The van der Waals surface area contributed by atoms with E-state index in [2.05, 4.69) is 0 Å². The Morgan fingerprint density at radius 2 is 2.25 bits per heavy atom. The Bertz CT molecular complexity index is 292. The summed E-state index contributed by atoms with van der Waals surface area (Å²) in [7, 11) is 0. The van der Waals surface area contributed by atoms with E-state index in [1.807, 2.05) is 37.3 Å². The van der Waals surface area contributed by atoms with Crippen molar-refractivity contribution in [3.63, 3.8) is 0 Å². The molecule has 12 heavy (non-hydrogen) atoms. The lowest BCUT2D eigenvalue weighted by Crippen LogP contribution is -1.90. The highest BCUT2D eigenvalue weighted by Crippen LogP contribution is 2.16. The van der Waals surface area contributed by atoms with Crippen LogP contribution in [0.2, 0.25) is 0 Å². The molecule has 1 aromatic rings. The van der Waals surface area contributed by atoms with E-state index < -0.39 is 0 Å². The van der Waals surface area contributed by atoms with Gasteiger partial charge in [0, 0.05) is 11.6 Å². The summed E-state index contributed by atoms with van der Waals surface area (Å²) in [6.45, 7) is 2.00. The maximum Gasteiger partial charge on any atom is 0.0407 e. The van der Waals surface area contributed by atoms with Gasteiger partial charge >= 0.3 is 0 Å². The molecule has 64 valence electrons. The number of anilines is 1. The Morgan fingerprint density at radius 3 is 2.92 bits per heavy atom. The van der Waals surface area contributed by atoms with Crippen LogP contribution in [0.25, 0.3) is 6.08 Å². The van der Waals surface area contributed by atoms with Crippen molar-refractivity contribution in [3.05, 3.63) is 35.4 Å². The third-order valence-corrected chi connectivity index (χ3v) is 1.98. The first-order valence-electron chi connectivity index (χ1n) is 3.83. The van der Waals surface area contributed by atoms with E-state index in [-0.39, 0.29) is 0 Å². The Hall–Kier alpha value is -0.950. The van der Waals surface area contributed by atoms with Crippen molar-refractivity contribution in [1.82, 2.24) is 0 Å². The van der Waals surface area contributed by atoms with Crippen molar-refractivity contribution >= 4 is 23.4 Å². The van der Waals surface area contributed by atoms with E-state index >= 15 is 0 Å². The fraction of sp³-hybridized carbons (Fsp3) is 0.200. The monoisotopic (exact) mass is 181 g/mol. The van der Waals surface area contributed by atoms with Crippen LogP contribution in [-0.4, -0.2) is 5.88 Å². The van der Waals surface area contributed by atoms with Crippen molar-refractivity contribution < 1.29 is 0 Å². The SMILES string of the molecule is Cc1c(N)cccc1C=CCCl. The Labute approximate surface area is 77.8 Å². The smallest absolute Gasteiger partial charge is 0.0407 e. The van der Waals surface area contributed by atoms with Gasteiger partial charge in [-0.3, -0.25) is 0 Å². The molecule has 0 saturated carbocycles. The van der Waals surface area contributed by atoms with Crippen molar-refractivity contribution in [2.45, 2.75) is 6.92 Å². The zero-order valence-corrected chi connectivity index (χ0v) is 7.81. The van der Waals surface area contributed by atoms with Crippen molar-refractivity contribution in [1.29, 1.82) is 0 Å². The molecule has 0 unspecified atom stereocenters. The predicted octanol–water partition coefficient (Wildman–Crippen LogP) is 2.83. The number of benzene rings is 1. The van der Waals surface area contributed by atoms with Crippen LogP contribution in [0.5, 0.6) is 0 Å². The number of rotatable bonds is 2. The fourth-order valence-corrected chi connectivity index (χ4v) is 1.11. The van der Waals surface area contributed by atoms with Crippen molar-refractivity contribution in [3.8, 4) is 0 Å². The number of nitrogen functional groups attached to an aromatic ring is 1. The van der Waals surface area contributed by atoms with Crippen LogP contribution in [0.3, 0.4) is 0 Å². The fourth-order valence-electron chi connectivity index (χ4n) is 1.02. The predicted molar refractivity (Wildman–Crippen MR) is 55.3 cm³/mol. The van der Waals surface area contributed by atoms with Gasteiger partial charge in [-0.2, -0.15) is 0 Å². The second-order valence-electron chi connectivity index (χ2n) is 2.62. The molecule has 0 atom stereocenters. The van der Waals surface area contributed by atoms with Gasteiger partial charge < -0.3 is 5.73 Å². The maximum atomic E-state index is 5.73. The Kier molecular flexibility index (Phi) is 3.18. The molecule has 0 heterocycles. The molecule has 0 saturated heterocycles. The number of hydrogen-bond donors (Lipinski definition) is 1. The molecule has 0 aliphatic rings. The summed E-state index contributed by atoms with van der Waals surface area (Å²) in [5.41, 5.74) is 8.80.